The summed E-state index contributed by atoms with van der Waals surface area (Å²) in [6.45, 7) is 3.45. The van der Waals surface area contributed by atoms with E-state index in [0.717, 1.165) is 47.7 Å². The van der Waals surface area contributed by atoms with Crippen LogP contribution in [-0.2, 0) is 0 Å². The molecule has 0 atom stereocenters. The van der Waals surface area contributed by atoms with Crippen molar-refractivity contribution in [3.8, 4) is 0 Å². The van der Waals surface area contributed by atoms with Gasteiger partial charge in [0.25, 0.3) is 5.91 Å². The number of aromatic amines is 1. The van der Waals surface area contributed by atoms with E-state index in [9.17, 15) is 4.79 Å². The summed E-state index contributed by atoms with van der Waals surface area (Å²) in [5.74, 6) is 0.117. The maximum absolute atomic E-state index is 12.7. The number of amides is 1. The lowest BCUT2D eigenvalue weighted by Crippen LogP contribution is -2.48. The van der Waals surface area contributed by atoms with E-state index in [4.69, 9.17) is 0 Å². The van der Waals surface area contributed by atoms with Crippen molar-refractivity contribution in [2.75, 3.05) is 26.2 Å². The summed E-state index contributed by atoms with van der Waals surface area (Å²) in [5.41, 5.74) is 4.66. The van der Waals surface area contributed by atoms with Crippen LogP contribution in [0.4, 0.5) is 0 Å². The van der Waals surface area contributed by atoms with Crippen molar-refractivity contribution in [3.63, 3.8) is 0 Å². The number of fused-ring (bicyclic) bond motifs is 1. The lowest BCUT2D eigenvalue weighted by molar-refractivity contribution is 0.0725. The summed E-state index contributed by atoms with van der Waals surface area (Å²) in [6.07, 6.45) is 3.65. The second-order valence-electron chi connectivity index (χ2n) is 6.67. The first-order valence-corrected chi connectivity index (χ1v) is 9.44. The van der Waals surface area contributed by atoms with E-state index in [1.54, 1.807) is 11.9 Å². The van der Waals surface area contributed by atoms with E-state index < -0.39 is 0 Å². The molecular weight excluding hydrogens is 344 g/mol. The number of benzene rings is 1. The minimum absolute atomic E-state index is 0.117. The van der Waals surface area contributed by atoms with Crippen LogP contribution in [0.15, 0.2) is 71.0 Å². The number of nitrogens with zero attached hydrogens (tertiary/aromatic N) is 3. The smallest absolute Gasteiger partial charge is 0.256 e. The zero-order valence-corrected chi connectivity index (χ0v) is 15.0. The van der Waals surface area contributed by atoms with Crippen LogP contribution in [0, 0.1) is 0 Å². The highest BCUT2D eigenvalue weighted by Crippen LogP contribution is 2.33. The third kappa shape index (κ3) is 2.71. The summed E-state index contributed by atoms with van der Waals surface area (Å²) in [4.78, 5) is 22.2. The van der Waals surface area contributed by atoms with Gasteiger partial charge in [-0.2, -0.15) is 0 Å². The molecule has 0 unspecified atom stereocenters. The molecule has 1 aromatic carbocycles. The summed E-state index contributed by atoms with van der Waals surface area (Å²) in [6, 6.07) is 13.9. The number of H-pyrrole nitrogens is 1. The van der Waals surface area contributed by atoms with Crippen LogP contribution >= 0.6 is 11.9 Å². The van der Waals surface area contributed by atoms with Gasteiger partial charge in [0.1, 0.15) is 5.03 Å². The van der Waals surface area contributed by atoms with Crippen molar-refractivity contribution in [1.82, 2.24) is 19.2 Å². The number of carbonyl (C=O) groups is 1. The van der Waals surface area contributed by atoms with E-state index in [0.29, 0.717) is 0 Å². The number of rotatable bonds is 3. The zero-order chi connectivity index (χ0) is 17.5. The second-order valence-corrected chi connectivity index (χ2v) is 7.79. The van der Waals surface area contributed by atoms with Crippen LogP contribution < -0.4 is 0 Å². The van der Waals surface area contributed by atoms with Crippen LogP contribution in [0.2, 0.25) is 0 Å². The second kappa shape index (κ2) is 6.30. The van der Waals surface area contributed by atoms with Crippen LogP contribution in [0.25, 0.3) is 10.9 Å². The molecule has 0 saturated carbocycles. The molecule has 4 heterocycles. The average Bonchev–Trinajstić information content (AvgIpc) is 3.03. The molecular formula is C20H18N4OS. The van der Waals surface area contributed by atoms with Gasteiger partial charge in [-0.05, 0) is 41.3 Å². The Morgan fingerprint density at radius 2 is 1.77 bits per heavy atom. The van der Waals surface area contributed by atoms with Gasteiger partial charge in [-0.1, -0.05) is 24.3 Å². The Bertz CT molecular complexity index is 995. The summed E-state index contributed by atoms with van der Waals surface area (Å²) in [5, 5.41) is 2.03. The molecule has 2 aromatic heterocycles. The molecule has 2 fully saturated rings. The van der Waals surface area contributed by atoms with Crippen molar-refractivity contribution < 1.29 is 4.79 Å². The number of hydrogen-bond donors (Lipinski definition) is 1. The Balaban J connectivity index is 1.20. The van der Waals surface area contributed by atoms with Gasteiger partial charge in [0.05, 0.1) is 5.56 Å². The van der Waals surface area contributed by atoms with Crippen molar-refractivity contribution >= 4 is 28.8 Å². The topological polar surface area (TPSA) is 52.2 Å². The van der Waals surface area contributed by atoms with Gasteiger partial charge in [-0.3, -0.25) is 4.79 Å². The lowest BCUT2D eigenvalue weighted by atomic mass is 9.96. The van der Waals surface area contributed by atoms with Gasteiger partial charge in [0.15, 0.2) is 0 Å². The molecule has 0 spiro atoms. The van der Waals surface area contributed by atoms with Crippen molar-refractivity contribution in [1.29, 1.82) is 0 Å². The first-order valence-electron chi connectivity index (χ1n) is 8.67. The van der Waals surface area contributed by atoms with E-state index in [1.165, 1.54) is 11.1 Å². The summed E-state index contributed by atoms with van der Waals surface area (Å²) >= 11 is 1.70. The molecule has 3 aromatic rings. The SMILES string of the molecule is O=C(c1c[nH]c2ccccc12)N1CC(=C2CN(Sc3ccccn3)C2)C1. The normalized spacial score (nSPS) is 17.3. The van der Waals surface area contributed by atoms with Gasteiger partial charge in [0.2, 0.25) is 0 Å². The van der Waals surface area contributed by atoms with Gasteiger partial charge >= 0.3 is 0 Å². The summed E-state index contributed by atoms with van der Waals surface area (Å²) in [7, 11) is 0. The van der Waals surface area contributed by atoms with Gasteiger partial charge in [-0.15, -0.1) is 0 Å². The molecule has 2 aliphatic heterocycles. The minimum Gasteiger partial charge on any atom is -0.360 e. The zero-order valence-electron chi connectivity index (χ0n) is 14.2. The molecule has 26 heavy (non-hydrogen) atoms. The lowest BCUT2D eigenvalue weighted by Gasteiger charge is -2.41. The molecule has 5 nitrogen and oxygen atoms in total. The number of nitrogens with one attached hydrogen (secondary N) is 1. The largest absolute Gasteiger partial charge is 0.360 e. The summed E-state index contributed by atoms with van der Waals surface area (Å²) < 4.78 is 2.30. The van der Waals surface area contributed by atoms with Crippen molar-refractivity contribution in [2.45, 2.75) is 5.03 Å². The van der Waals surface area contributed by atoms with Crippen LogP contribution in [0.1, 0.15) is 10.4 Å². The Morgan fingerprint density at radius 3 is 2.58 bits per heavy atom. The number of para-hydroxylation sites is 1. The molecule has 2 saturated heterocycles. The van der Waals surface area contributed by atoms with Crippen LogP contribution in [0.5, 0.6) is 0 Å². The Labute approximate surface area is 155 Å². The third-order valence-electron chi connectivity index (χ3n) is 4.97. The number of carbonyl (C=O) groups excluding carboxylic acids is 1. The molecule has 0 bridgehead atoms. The number of aromatic nitrogens is 2. The Hall–Kier alpha value is -2.57. The highest BCUT2D eigenvalue weighted by atomic mass is 32.2. The first-order chi connectivity index (χ1) is 12.8. The number of likely N-dealkylation sites (tertiary alicyclic amines) is 1. The third-order valence-corrected chi connectivity index (χ3v) is 5.91. The molecule has 1 amide bonds. The Kier molecular flexibility index (Phi) is 3.80. The first kappa shape index (κ1) is 15.7. The molecule has 2 aliphatic rings. The van der Waals surface area contributed by atoms with E-state index in [-0.39, 0.29) is 5.91 Å². The van der Waals surface area contributed by atoms with Crippen molar-refractivity contribution in [2.24, 2.45) is 0 Å². The van der Waals surface area contributed by atoms with E-state index in [2.05, 4.69) is 14.3 Å². The van der Waals surface area contributed by atoms with Gasteiger partial charge < -0.3 is 9.88 Å². The van der Waals surface area contributed by atoms with E-state index >= 15 is 0 Å². The molecule has 0 radical (unpaired) electrons. The Morgan fingerprint density at radius 1 is 1.00 bits per heavy atom. The maximum Gasteiger partial charge on any atom is 0.256 e. The predicted octanol–water partition coefficient (Wildman–Crippen LogP) is 3.34. The molecule has 130 valence electrons. The van der Waals surface area contributed by atoms with Gasteiger partial charge in [-0.25, -0.2) is 9.29 Å². The van der Waals surface area contributed by atoms with Gasteiger partial charge in [0, 0.05) is 49.5 Å². The number of hydrogen-bond acceptors (Lipinski definition) is 4. The molecule has 6 heteroatoms. The van der Waals surface area contributed by atoms with E-state index in [1.807, 2.05) is 59.8 Å². The standard InChI is InChI=1S/C20H18N4OS/c25-20(17-9-22-18-6-2-1-5-16(17)18)23-10-14(11-23)15-12-24(13-15)26-19-7-3-4-8-21-19/h1-9,22H,10-13H2. The average molecular weight is 362 g/mol. The predicted molar refractivity (Wildman–Crippen MR) is 103 cm³/mol. The highest BCUT2D eigenvalue weighted by molar-refractivity contribution is 7.97. The molecule has 5 rings (SSSR count). The number of pyridine rings is 1. The maximum atomic E-state index is 12.7. The van der Waals surface area contributed by atoms with Crippen LogP contribution in [0.3, 0.4) is 0 Å². The molecule has 1 N–H and O–H groups in total. The fourth-order valence-electron chi connectivity index (χ4n) is 3.40. The monoisotopic (exact) mass is 362 g/mol. The highest BCUT2D eigenvalue weighted by Gasteiger charge is 2.33. The fourth-order valence-corrected chi connectivity index (χ4v) is 4.35. The quantitative estimate of drug-likeness (QED) is 0.574. The van der Waals surface area contributed by atoms with Crippen LogP contribution in [-0.4, -0.2) is 51.3 Å². The minimum atomic E-state index is 0.117. The molecule has 0 aliphatic carbocycles. The fraction of sp³-hybridized carbons (Fsp3) is 0.200. The van der Waals surface area contributed by atoms with Crippen molar-refractivity contribution in [3.05, 3.63) is 71.6 Å².